The summed E-state index contributed by atoms with van der Waals surface area (Å²) in [6, 6.07) is 16.0. The van der Waals surface area contributed by atoms with Gasteiger partial charge < -0.3 is 10.3 Å². The lowest BCUT2D eigenvalue weighted by Crippen LogP contribution is -2.15. The van der Waals surface area contributed by atoms with Gasteiger partial charge in [0.05, 0.1) is 5.69 Å². The minimum atomic E-state index is -0.251. The van der Waals surface area contributed by atoms with Crippen molar-refractivity contribution in [3.8, 4) is 0 Å². The number of nitrogens with one attached hydrogen (secondary N) is 1. The van der Waals surface area contributed by atoms with Gasteiger partial charge in [-0.1, -0.05) is 48.2 Å². The van der Waals surface area contributed by atoms with E-state index in [2.05, 4.69) is 53.4 Å². The molecule has 162 valence electrons. The second-order valence-electron chi connectivity index (χ2n) is 7.16. The van der Waals surface area contributed by atoms with Crippen molar-refractivity contribution in [1.82, 2.24) is 34.3 Å². The zero-order valence-corrected chi connectivity index (χ0v) is 18.6. The molecular formula is C21H20N8OS2. The molecule has 0 amide bonds. The van der Waals surface area contributed by atoms with Crippen molar-refractivity contribution in [3.63, 3.8) is 0 Å². The summed E-state index contributed by atoms with van der Waals surface area (Å²) in [4.78, 5) is 22.0. The van der Waals surface area contributed by atoms with E-state index in [1.54, 1.807) is 11.3 Å². The van der Waals surface area contributed by atoms with Crippen molar-refractivity contribution in [2.45, 2.75) is 30.3 Å². The topological polar surface area (TPSA) is 120 Å². The van der Waals surface area contributed by atoms with Crippen LogP contribution in [0.1, 0.15) is 22.0 Å². The van der Waals surface area contributed by atoms with Crippen LogP contribution in [0.3, 0.4) is 0 Å². The highest BCUT2D eigenvalue weighted by molar-refractivity contribution is 7.98. The number of hydrogen-bond acceptors (Lipinski definition) is 8. The Balaban J connectivity index is 1.38. The summed E-state index contributed by atoms with van der Waals surface area (Å²) in [6.07, 6.45) is 1.61. The van der Waals surface area contributed by atoms with Gasteiger partial charge in [-0.15, -0.1) is 21.5 Å². The maximum Gasteiger partial charge on any atom is 0.274 e. The van der Waals surface area contributed by atoms with Crippen molar-refractivity contribution < 1.29 is 0 Å². The van der Waals surface area contributed by atoms with Crippen molar-refractivity contribution in [2.24, 2.45) is 0 Å². The van der Waals surface area contributed by atoms with E-state index in [0.29, 0.717) is 11.4 Å². The van der Waals surface area contributed by atoms with E-state index < -0.39 is 0 Å². The van der Waals surface area contributed by atoms with Crippen molar-refractivity contribution in [1.29, 1.82) is 0 Å². The summed E-state index contributed by atoms with van der Waals surface area (Å²) in [5.41, 5.74) is 7.26. The van der Waals surface area contributed by atoms with Crippen molar-refractivity contribution in [3.05, 3.63) is 86.2 Å². The lowest BCUT2D eigenvalue weighted by molar-refractivity contribution is 0.610. The highest BCUT2D eigenvalue weighted by Crippen LogP contribution is 2.23. The van der Waals surface area contributed by atoms with Crippen LogP contribution in [0.2, 0.25) is 0 Å². The SMILES string of the molecule is Nc1nc2nc(CSc3nnc(Cc4cccs4)n3CCc3ccccc3)cc(=O)n2[nH]1. The molecule has 32 heavy (non-hydrogen) atoms. The highest BCUT2D eigenvalue weighted by atomic mass is 32.2. The van der Waals surface area contributed by atoms with E-state index in [4.69, 9.17) is 5.73 Å². The van der Waals surface area contributed by atoms with Crippen LogP contribution >= 0.6 is 23.1 Å². The fourth-order valence-electron chi connectivity index (χ4n) is 3.39. The summed E-state index contributed by atoms with van der Waals surface area (Å²) in [5.74, 6) is 1.81. The summed E-state index contributed by atoms with van der Waals surface area (Å²) < 4.78 is 3.39. The van der Waals surface area contributed by atoms with E-state index in [1.165, 1.54) is 32.8 Å². The summed E-state index contributed by atoms with van der Waals surface area (Å²) >= 11 is 3.22. The number of fused-ring (bicyclic) bond motifs is 1. The van der Waals surface area contributed by atoms with E-state index in [-0.39, 0.29) is 17.3 Å². The average molecular weight is 465 g/mol. The molecule has 0 spiro atoms. The number of aromatic nitrogens is 7. The maximum atomic E-state index is 12.3. The number of nitrogen functional groups attached to an aromatic ring is 1. The molecule has 0 atom stereocenters. The average Bonchev–Trinajstić information content (AvgIpc) is 3.52. The van der Waals surface area contributed by atoms with Gasteiger partial charge >= 0.3 is 0 Å². The Morgan fingerprint density at radius 3 is 2.78 bits per heavy atom. The van der Waals surface area contributed by atoms with Crippen molar-refractivity contribution >= 4 is 34.8 Å². The van der Waals surface area contributed by atoms with Crippen LogP contribution in [0, 0.1) is 0 Å². The number of H-pyrrole nitrogens is 1. The van der Waals surface area contributed by atoms with Crippen LogP contribution in [-0.4, -0.2) is 34.3 Å². The molecule has 9 nitrogen and oxygen atoms in total. The third kappa shape index (κ3) is 4.43. The molecule has 11 heteroatoms. The first kappa shape index (κ1) is 20.5. The quantitative estimate of drug-likeness (QED) is 0.339. The Morgan fingerprint density at radius 1 is 1.09 bits per heavy atom. The third-order valence-corrected chi connectivity index (χ3v) is 6.80. The molecule has 0 unspecified atom stereocenters. The van der Waals surface area contributed by atoms with E-state index in [0.717, 1.165) is 30.4 Å². The van der Waals surface area contributed by atoms with Gasteiger partial charge in [-0.25, -0.2) is 4.98 Å². The Bertz CT molecular complexity index is 1390. The Labute approximate surface area is 191 Å². The van der Waals surface area contributed by atoms with Gasteiger partial charge in [-0.3, -0.25) is 9.89 Å². The van der Waals surface area contributed by atoms with Gasteiger partial charge in [0, 0.05) is 29.7 Å². The molecule has 0 aliphatic rings. The largest absolute Gasteiger partial charge is 0.368 e. The van der Waals surface area contributed by atoms with Gasteiger partial charge in [-0.2, -0.15) is 9.50 Å². The molecule has 0 bridgehead atoms. The highest BCUT2D eigenvalue weighted by Gasteiger charge is 2.15. The first-order valence-corrected chi connectivity index (χ1v) is 11.9. The number of aryl methyl sites for hydroxylation is 1. The first-order chi connectivity index (χ1) is 15.7. The Hall–Kier alpha value is -3.44. The molecule has 5 aromatic rings. The van der Waals surface area contributed by atoms with Gasteiger partial charge in [0.1, 0.15) is 5.82 Å². The lowest BCUT2D eigenvalue weighted by atomic mass is 10.1. The second kappa shape index (κ2) is 8.97. The number of anilines is 1. The molecule has 0 saturated carbocycles. The number of thioether (sulfide) groups is 1. The molecule has 0 saturated heterocycles. The predicted octanol–water partition coefficient (Wildman–Crippen LogP) is 2.78. The van der Waals surface area contributed by atoms with Crippen molar-refractivity contribution in [2.75, 3.05) is 5.73 Å². The van der Waals surface area contributed by atoms with Gasteiger partial charge in [0.25, 0.3) is 11.3 Å². The number of nitrogens with two attached hydrogens (primary N) is 1. The monoisotopic (exact) mass is 464 g/mol. The van der Waals surface area contributed by atoms with Gasteiger partial charge in [0.15, 0.2) is 5.16 Å². The van der Waals surface area contributed by atoms with Crippen LogP contribution in [0.4, 0.5) is 5.95 Å². The molecule has 0 fully saturated rings. The molecular weight excluding hydrogens is 444 g/mol. The molecule has 0 radical (unpaired) electrons. The van der Waals surface area contributed by atoms with Crippen LogP contribution in [0.5, 0.6) is 0 Å². The fraction of sp³-hybridized carbons (Fsp3) is 0.190. The predicted molar refractivity (Wildman–Crippen MR) is 125 cm³/mol. The van der Waals surface area contributed by atoms with Gasteiger partial charge in [-0.05, 0) is 23.4 Å². The van der Waals surface area contributed by atoms with E-state index >= 15 is 0 Å². The number of aromatic amines is 1. The maximum absolute atomic E-state index is 12.3. The van der Waals surface area contributed by atoms with E-state index in [1.807, 2.05) is 24.3 Å². The fourth-order valence-corrected chi connectivity index (χ4v) is 4.97. The van der Waals surface area contributed by atoms with Crippen LogP contribution in [0.25, 0.3) is 5.78 Å². The minimum Gasteiger partial charge on any atom is -0.368 e. The number of hydrogen-bond donors (Lipinski definition) is 2. The first-order valence-electron chi connectivity index (χ1n) is 10.0. The minimum absolute atomic E-state index is 0.151. The normalized spacial score (nSPS) is 11.4. The zero-order chi connectivity index (χ0) is 21.9. The summed E-state index contributed by atoms with van der Waals surface area (Å²) in [6.45, 7) is 0.769. The van der Waals surface area contributed by atoms with Crippen LogP contribution < -0.4 is 11.3 Å². The van der Waals surface area contributed by atoms with E-state index in [9.17, 15) is 4.79 Å². The molecule has 0 aliphatic heterocycles. The smallest absolute Gasteiger partial charge is 0.274 e. The Kier molecular flexibility index (Phi) is 5.73. The molecule has 0 aliphatic carbocycles. The third-order valence-electron chi connectivity index (χ3n) is 4.92. The number of benzene rings is 1. The standard InChI is InChI=1S/C21H20N8OS2/c22-19-24-20-23-15(11-18(30)29(20)27-19)13-32-21-26-25-17(12-16-7-4-10-31-16)28(21)9-8-14-5-2-1-3-6-14/h1-7,10-11H,8-9,12-13H2,(H3,22,23,24,27). The van der Waals surface area contributed by atoms with Crippen LogP contribution in [0.15, 0.2) is 63.9 Å². The summed E-state index contributed by atoms with van der Waals surface area (Å²) in [5, 5.41) is 14.4. The molecule has 5 rings (SSSR count). The molecule has 3 N–H and O–H groups in total. The second-order valence-corrected chi connectivity index (χ2v) is 9.14. The number of thiophene rings is 1. The Morgan fingerprint density at radius 2 is 1.97 bits per heavy atom. The lowest BCUT2D eigenvalue weighted by Gasteiger charge is -2.10. The number of nitrogens with zero attached hydrogens (tertiary/aromatic N) is 6. The zero-order valence-electron chi connectivity index (χ0n) is 17.0. The van der Waals surface area contributed by atoms with Gasteiger partial charge in [0.2, 0.25) is 5.95 Å². The molecule has 4 aromatic heterocycles. The number of rotatable bonds is 8. The molecule has 4 heterocycles. The summed E-state index contributed by atoms with van der Waals surface area (Å²) in [7, 11) is 0. The van der Waals surface area contributed by atoms with Crippen LogP contribution in [-0.2, 0) is 25.1 Å². The molecule has 1 aromatic carbocycles.